The topological polar surface area (TPSA) is 72.9 Å². The van der Waals surface area contributed by atoms with Gasteiger partial charge in [-0.2, -0.15) is 5.10 Å². The Bertz CT molecular complexity index is 553. The molecule has 1 aromatic rings. The van der Waals surface area contributed by atoms with Crippen molar-refractivity contribution in [2.24, 2.45) is 12.8 Å². The number of rotatable bonds is 3. The third-order valence-corrected chi connectivity index (χ3v) is 4.42. The van der Waals surface area contributed by atoms with Gasteiger partial charge in [-0.25, -0.2) is 8.78 Å². The van der Waals surface area contributed by atoms with E-state index in [4.69, 9.17) is 5.73 Å². The lowest BCUT2D eigenvalue weighted by Crippen LogP contribution is -2.40. The molecular formula is C14H21ClF2N4O. The maximum Gasteiger partial charge on any atom is 0.272 e. The van der Waals surface area contributed by atoms with Crippen LogP contribution in [0.1, 0.15) is 54.2 Å². The van der Waals surface area contributed by atoms with E-state index in [2.05, 4.69) is 10.4 Å². The van der Waals surface area contributed by atoms with Crippen LogP contribution in [0.2, 0.25) is 0 Å². The van der Waals surface area contributed by atoms with Crippen molar-refractivity contribution in [2.75, 3.05) is 0 Å². The Morgan fingerprint density at radius 2 is 2.05 bits per heavy atom. The fourth-order valence-corrected chi connectivity index (χ4v) is 2.94. The highest BCUT2D eigenvalue weighted by Gasteiger charge is 2.38. The predicted molar refractivity (Wildman–Crippen MR) is 80.5 cm³/mol. The minimum Gasteiger partial charge on any atom is -0.348 e. The molecule has 1 aromatic heterocycles. The van der Waals surface area contributed by atoms with Gasteiger partial charge in [-0.05, 0) is 25.3 Å². The summed E-state index contributed by atoms with van der Waals surface area (Å²) >= 11 is 0. The number of nitrogens with zero attached hydrogens (tertiary/aromatic N) is 2. The summed E-state index contributed by atoms with van der Waals surface area (Å²) in [4.78, 5) is 12.2. The maximum atomic E-state index is 13.1. The molecule has 3 N–H and O–H groups in total. The number of nitrogens with two attached hydrogens (primary N) is 1. The lowest BCUT2D eigenvalue weighted by atomic mass is 9.92. The zero-order valence-corrected chi connectivity index (χ0v) is 13.2. The van der Waals surface area contributed by atoms with E-state index in [1.165, 1.54) is 0 Å². The molecule has 0 spiro atoms. The Kier molecular flexibility index (Phi) is 4.77. The average molecular weight is 335 g/mol. The number of carbonyl (C=O) groups excluding carboxylic acids is 1. The minimum atomic E-state index is -2.58. The highest BCUT2D eigenvalue weighted by atomic mass is 35.5. The van der Waals surface area contributed by atoms with Crippen molar-refractivity contribution in [1.82, 2.24) is 15.1 Å². The van der Waals surface area contributed by atoms with Gasteiger partial charge in [0.1, 0.15) is 5.69 Å². The molecule has 0 unspecified atom stereocenters. The zero-order chi connectivity index (χ0) is 15.2. The van der Waals surface area contributed by atoms with E-state index in [0.717, 1.165) is 12.1 Å². The highest BCUT2D eigenvalue weighted by molar-refractivity contribution is 5.92. The Morgan fingerprint density at radius 1 is 1.45 bits per heavy atom. The van der Waals surface area contributed by atoms with Gasteiger partial charge in [0.05, 0.1) is 0 Å². The second kappa shape index (κ2) is 6.12. The third-order valence-electron chi connectivity index (χ3n) is 4.42. The minimum absolute atomic E-state index is 0. The summed E-state index contributed by atoms with van der Waals surface area (Å²) in [5.74, 6) is -2.60. The van der Waals surface area contributed by atoms with Crippen LogP contribution >= 0.6 is 12.4 Å². The molecule has 5 nitrogen and oxygen atoms in total. The van der Waals surface area contributed by atoms with Crippen LogP contribution < -0.4 is 11.1 Å². The van der Waals surface area contributed by atoms with Crippen molar-refractivity contribution in [3.63, 3.8) is 0 Å². The summed E-state index contributed by atoms with van der Waals surface area (Å²) in [5, 5.41) is 7.01. The molecule has 2 atom stereocenters. The van der Waals surface area contributed by atoms with Crippen LogP contribution in [-0.4, -0.2) is 33.7 Å². The molecule has 2 aliphatic carbocycles. The Labute approximate surface area is 134 Å². The van der Waals surface area contributed by atoms with E-state index in [1.807, 2.05) is 0 Å². The van der Waals surface area contributed by atoms with Crippen LogP contribution in [-0.2, 0) is 7.05 Å². The first-order chi connectivity index (χ1) is 9.85. The molecule has 1 amide bonds. The fourth-order valence-electron chi connectivity index (χ4n) is 2.94. The number of aromatic nitrogens is 2. The lowest BCUT2D eigenvalue weighted by Gasteiger charge is -2.28. The molecule has 0 aromatic carbocycles. The molecule has 1 heterocycles. The number of alkyl halides is 2. The lowest BCUT2D eigenvalue weighted by molar-refractivity contribution is -0.0399. The van der Waals surface area contributed by atoms with E-state index < -0.39 is 5.92 Å². The molecule has 2 saturated carbocycles. The van der Waals surface area contributed by atoms with Crippen LogP contribution in [0, 0.1) is 0 Å². The second-order valence-corrected chi connectivity index (χ2v) is 6.19. The van der Waals surface area contributed by atoms with E-state index in [1.54, 1.807) is 17.8 Å². The summed E-state index contributed by atoms with van der Waals surface area (Å²) in [7, 11) is 1.79. The maximum absolute atomic E-state index is 13.1. The highest BCUT2D eigenvalue weighted by Crippen LogP contribution is 2.39. The van der Waals surface area contributed by atoms with Crippen molar-refractivity contribution in [3.8, 4) is 0 Å². The van der Waals surface area contributed by atoms with Gasteiger partial charge < -0.3 is 11.1 Å². The van der Waals surface area contributed by atoms with Gasteiger partial charge in [-0.1, -0.05) is 0 Å². The van der Waals surface area contributed by atoms with Gasteiger partial charge in [0.15, 0.2) is 0 Å². The molecule has 2 fully saturated rings. The standard InChI is InChI=1S/C14H20F2N4O.ClH/c1-20-12(9-6-10(9)17)7-11(19-20)13(21)18-8-2-4-14(15,16)5-3-8;/h7-10H,2-6,17H2,1H3,(H,18,21);1H/t9-,10-;/m1./s1. The van der Waals surface area contributed by atoms with Crippen LogP contribution in [0.15, 0.2) is 6.07 Å². The summed E-state index contributed by atoms with van der Waals surface area (Å²) in [6.45, 7) is 0. The van der Waals surface area contributed by atoms with E-state index in [0.29, 0.717) is 18.5 Å². The number of nitrogens with one attached hydrogen (secondary N) is 1. The predicted octanol–water partition coefficient (Wildman–Crippen LogP) is 1.96. The third kappa shape index (κ3) is 3.57. The quantitative estimate of drug-likeness (QED) is 0.887. The molecule has 124 valence electrons. The normalized spacial score (nSPS) is 27.1. The smallest absolute Gasteiger partial charge is 0.272 e. The van der Waals surface area contributed by atoms with Crippen molar-refractivity contribution in [1.29, 1.82) is 0 Å². The van der Waals surface area contributed by atoms with Crippen LogP contribution in [0.3, 0.4) is 0 Å². The molecule has 0 radical (unpaired) electrons. The Balaban J connectivity index is 0.00000176. The number of carbonyl (C=O) groups is 1. The first-order valence-electron chi connectivity index (χ1n) is 7.34. The van der Waals surface area contributed by atoms with Crippen LogP contribution in [0.4, 0.5) is 8.78 Å². The summed E-state index contributed by atoms with van der Waals surface area (Å²) in [6, 6.07) is 1.72. The van der Waals surface area contributed by atoms with Gasteiger partial charge >= 0.3 is 0 Å². The molecule has 3 rings (SSSR count). The summed E-state index contributed by atoms with van der Waals surface area (Å²) < 4.78 is 27.9. The largest absolute Gasteiger partial charge is 0.348 e. The second-order valence-electron chi connectivity index (χ2n) is 6.19. The van der Waals surface area contributed by atoms with E-state index in [9.17, 15) is 13.6 Å². The first-order valence-corrected chi connectivity index (χ1v) is 7.34. The summed E-state index contributed by atoms with van der Waals surface area (Å²) in [6.07, 6.45) is 1.21. The van der Waals surface area contributed by atoms with Crippen molar-refractivity contribution >= 4 is 18.3 Å². The number of hydrogen-bond donors (Lipinski definition) is 2. The van der Waals surface area contributed by atoms with Crippen LogP contribution in [0.5, 0.6) is 0 Å². The molecule has 0 bridgehead atoms. The monoisotopic (exact) mass is 334 g/mol. The molecular weight excluding hydrogens is 314 g/mol. The molecule has 0 saturated heterocycles. The SMILES string of the molecule is Cl.Cn1nc(C(=O)NC2CCC(F)(F)CC2)cc1[C@@H]1C[C@H]1N. The molecule has 22 heavy (non-hydrogen) atoms. The fraction of sp³-hybridized carbons (Fsp3) is 0.714. The zero-order valence-electron chi connectivity index (χ0n) is 12.4. The first kappa shape index (κ1) is 17.1. The Hall–Kier alpha value is -1.21. The number of amides is 1. The van der Waals surface area contributed by atoms with E-state index >= 15 is 0 Å². The molecule has 8 heteroatoms. The van der Waals surface area contributed by atoms with Gasteiger partial charge in [0, 0.05) is 43.6 Å². The Morgan fingerprint density at radius 3 is 2.59 bits per heavy atom. The van der Waals surface area contributed by atoms with Crippen molar-refractivity contribution in [3.05, 3.63) is 17.5 Å². The number of aryl methyl sites for hydroxylation is 1. The van der Waals surface area contributed by atoms with Crippen molar-refractivity contribution in [2.45, 2.75) is 56.0 Å². The molecule has 2 aliphatic rings. The van der Waals surface area contributed by atoms with Gasteiger partial charge in [-0.3, -0.25) is 9.48 Å². The molecule has 0 aliphatic heterocycles. The number of hydrogen-bond acceptors (Lipinski definition) is 3. The number of halogens is 3. The average Bonchev–Trinajstić information content (AvgIpc) is 3.00. The van der Waals surface area contributed by atoms with E-state index in [-0.39, 0.29) is 49.2 Å². The van der Waals surface area contributed by atoms with Crippen molar-refractivity contribution < 1.29 is 13.6 Å². The van der Waals surface area contributed by atoms with Gasteiger partial charge in [0.25, 0.3) is 5.91 Å². The summed E-state index contributed by atoms with van der Waals surface area (Å²) in [5.41, 5.74) is 7.11. The van der Waals surface area contributed by atoms with Gasteiger partial charge in [-0.15, -0.1) is 12.4 Å². The van der Waals surface area contributed by atoms with Crippen LogP contribution in [0.25, 0.3) is 0 Å². The van der Waals surface area contributed by atoms with Gasteiger partial charge in [0.2, 0.25) is 5.92 Å².